The molecule has 152 valence electrons. The minimum Gasteiger partial charge on any atom is -0.423 e. The van der Waals surface area contributed by atoms with Crippen molar-refractivity contribution in [3.63, 3.8) is 0 Å². The summed E-state index contributed by atoms with van der Waals surface area (Å²) in [5.74, 6) is 0.380. The lowest BCUT2D eigenvalue weighted by Crippen LogP contribution is -2.41. The van der Waals surface area contributed by atoms with Gasteiger partial charge in [0.1, 0.15) is 11.8 Å². The number of hydrogen-bond acceptors (Lipinski definition) is 7. The second-order valence-electron chi connectivity index (χ2n) is 7.23. The van der Waals surface area contributed by atoms with Crippen LogP contribution in [0.5, 0.6) is 0 Å². The SMILES string of the molecule is CCc1nnc([C@H]2C[C@@H](O)CN2C(=O)C2=NN(Cc3ccccc3)C(=O)CC2)o1. The normalized spacial score (nSPS) is 22.1. The number of aliphatic hydroxyl groups is 1. The zero-order valence-corrected chi connectivity index (χ0v) is 16.2. The molecule has 0 aliphatic carbocycles. The Balaban J connectivity index is 1.55. The molecule has 29 heavy (non-hydrogen) atoms. The predicted octanol–water partition coefficient (Wildman–Crippen LogP) is 1.44. The highest BCUT2D eigenvalue weighted by Gasteiger charge is 2.41. The number of aryl methyl sites for hydroxylation is 1. The van der Waals surface area contributed by atoms with Gasteiger partial charge in [-0.25, -0.2) is 5.01 Å². The van der Waals surface area contributed by atoms with Crippen LogP contribution in [-0.2, 0) is 22.6 Å². The van der Waals surface area contributed by atoms with E-state index >= 15 is 0 Å². The Morgan fingerprint density at radius 3 is 2.76 bits per heavy atom. The van der Waals surface area contributed by atoms with Gasteiger partial charge < -0.3 is 14.4 Å². The first-order chi connectivity index (χ1) is 14.0. The fourth-order valence-electron chi connectivity index (χ4n) is 3.62. The highest BCUT2D eigenvalue weighted by atomic mass is 16.4. The number of likely N-dealkylation sites (tertiary alicyclic amines) is 1. The second-order valence-corrected chi connectivity index (χ2v) is 7.23. The third kappa shape index (κ3) is 4.04. The van der Waals surface area contributed by atoms with E-state index < -0.39 is 12.1 Å². The van der Waals surface area contributed by atoms with Crippen molar-refractivity contribution in [1.29, 1.82) is 0 Å². The number of hydrazone groups is 1. The van der Waals surface area contributed by atoms with Crippen molar-refractivity contribution in [2.45, 2.75) is 51.3 Å². The van der Waals surface area contributed by atoms with Gasteiger partial charge in [-0.2, -0.15) is 5.10 Å². The minimum absolute atomic E-state index is 0.118. The summed E-state index contributed by atoms with van der Waals surface area (Å²) in [6.07, 6.45) is 0.745. The fourth-order valence-corrected chi connectivity index (χ4v) is 3.62. The lowest BCUT2D eigenvalue weighted by atomic mass is 10.1. The minimum atomic E-state index is -0.674. The zero-order chi connectivity index (χ0) is 20.4. The quantitative estimate of drug-likeness (QED) is 0.817. The van der Waals surface area contributed by atoms with Crippen LogP contribution in [0.2, 0.25) is 0 Å². The average Bonchev–Trinajstić information content (AvgIpc) is 3.36. The maximum Gasteiger partial charge on any atom is 0.270 e. The number of nitrogens with zero attached hydrogens (tertiary/aromatic N) is 5. The monoisotopic (exact) mass is 397 g/mol. The molecule has 1 aromatic carbocycles. The third-order valence-electron chi connectivity index (χ3n) is 5.14. The molecule has 0 unspecified atom stereocenters. The number of carbonyl (C=O) groups is 2. The zero-order valence-electron chi connectivity index (χ0n) is 16.2. The van der Waals surface area contributed by atoms with E-state index in [1.807, 2.05) is 37.3 Å². The summed E-state index contributed by atoms with van der Waals surface area (Å²) in [5.41, 5.74) is 1.24. The average molecular weight is 397 g/mol. The maximum absolute atomic E-state index is 13.2. The Hall–Kier alpha value is -3.07. The molecule has 1 aromatic heterocycles. The van der Waals surface area contributed by atoms with Gasteiger partial charge in [-0.15, -0.1) is 10.2 Å². The molecule has 0 bridgehead atoms. The Kier molecular flexibility index (Phi) is 5.39. The van der Waals surface area contributed by atoms with Crippen LogP contribution in [0.3, 0.4) is 0 Å². The molecule has 0 radical (unpaired) electrons. The maximum atomic E-state index is 13.2. The summed E-state index contributed by atoms with van der Waals surface area (Å²) in [4.78, 5) is 27.0. The highest BCUT2D eigenvalue weighted by molar-refractivity contribution is 6.39. The molecule has 1 saturated heterocycles. The summed E-state index contributed by atoms with van der Waals surface area (Å²) in [7, 11) is 0. The van der Waals surface area contributed by atoms with Crippen LogP contribution >= 0.6 is 0 Å². The summed E-state index contributed by atoms with van der Waals surface area (Å²) < 4.78 is 5.62. The standard InChI is InChI=1S/C20H23N5O4/c1-2-17-21-22-19(29-17)16-10-14(26)12-24(16)20(28)15-8-9-18(27)25(23-15)11-13-6-4-3-5-7-13/h3-7,14,16,26H,2,8-12H2,1H3/t14-,16-/m1/s1. The number of amides is 2. The van der Waals surface area contributed by atoms with Gasteiger partial charge >= 0.3 is 0 Å². The summed E-state index contributed by atoms with van der Waals surface area (Å²) in [6, 6.07) is 9.02. The smallest absolute Gasteiger partial charge is 0.270 e. The first-order valence-corrected chi connectivity index (χ1v) is 9.78. The Bertz CT molecular complexity index is 926. The van der Waals surface area contributed by atoms with Crippen LogP contribution in [0.25, 0.3) is 0 Å². The van der Waals surface area contributed by atoms with Gasteiger partial charge in [0.25, 0.3) is 5.91 Å². The Labute approximate surface area is 168 Å². The molecule has 2 aromatic rings. The fraction of sp³-hybridized carbons (Fsp3) is 0.450. The van der Waals surface area contributed by atoms with Crippen molar-refractivity contribution in [3.05, 3.63) is 47.7 Å². The molecule has 3 heterocycles. The Morgan fingerprint density at radius 2 is 2.03 bits per heavy atom. The molecule has 9 heteroatoms. The van der Waals surface area contributed by atoms with Gasteiger partial charge in [0.15, 0.2) is 0 Å². The number of hydrogen-bond donors (Lipinski definition) is 1. The van der Waals surface area contributed by atoms with E-state index in [0.29, 0.717) is 36.9 Å². The van der Waals surface area contributed by atoms with Crippen LogP contribution in [-0.4, -0.2) is 55.4 Å². The van der Waals surface area contributed by atoms with Crippen molar-refractivity contribution in [2.24, 2.45) is 5.10 Å². The molecule has 2 amide bonds. The number of β-amino-alcohol motifs (C(OH)–C–C–N with tert-alkyl or cyclic N) is 1. The van der Waals surface area contributed by atoms with E-state index in [1.165, 1.54) is 9.91 Å². The topological polar surface area (TPSA) is 112 Å². The number of rotatable bonds is 5. The van der Waals surface area contributed by atoms with Gasteiger partial charge in [0.05, 0.1) is 12.6 Å². The van der Waals surface area contributed by atoms with E-state index in [0.717, 1.165) is 5.56 Å². The van der Waals surface area contributed by atoms with E-state index in [2.05, 4.69) is 15.3 Å². The summed E-state index contributed by atoms with van der Waals surface area (Å²) >= 11 is 0. The van der Waals surface area contributed by atoms with E-state index in [9.17, 15) is 14.7 Å². The lowest BCUT2D eigenvalue weighted by Gasteiger charge is -2.27. The van der Waals surface area contributed by atoms with Crippen molar-refractivity contribution in [1.82, 2.24) is 20.1 Å². The van der Waals surface area contributed by atoms with E-state index in [4.69, 9.17) is 4.42 Å². The first-order valence-electron chi connectivity index (χ1n) is 9.78. The molecule has 0 saturated carbocycles. The molecule has 0 spiro atoms. The summed E-state index contributed by atoms with van der Waals surface area (Å²) in [5, 5.41) is 23.8. The second kappa shape index (κ2) is 8.12. The van der Waals surface area contributed by atoms with Gasteiger partial charge in [-0.05, 0) is 5.56 Å². The van der Waals surface area contributed by atoms with E-state index in [-0.39, 0.29) is 31.2 Å². The predicted molar refractivity (Wildman–Crippen MR) is 102 cm³/mol. The van der Waals surface area contributed by atoms with Gasteiger partial charge in [0.2, 0.25) is 17.7 Å². The number of benzene rings is 1. The van der Waals surface area contributed by atoms with Gasteiger partial charge in [-0.3, -0.25) is 9.59 Å². The van der Waals surface area contributed by atoms with Crippen molar-refractivity contribution in [2.75, 3.05) is 6.54 Å². The Morgan fingerprint density at radius 1 is 1.24 bits per heavy atom. The molecule has 2 atom stereocenters. The third-order valence-corrected chi connectivity index (χ3v) is 5.14. The lowest BCUT2D eigenvalue weighted by molar-refractivity contribution is -0.132. The first kappa shape index (κ1) is 19.3. The van der Waals surface area contributed by atoms with Crippen LogP contribution < -0.4 is 0 Å². The van der Waals surface area contributed by atoms with Gasteiger partial charge in [-0.1, -0.05) is 37.3 Å². The molecule has 4 rings (SSSR count). The number of aromatic nitrogens is 2. The van der Waals surface area contributed by atoms with Gasteiger partial charge in [0, 0.05) is 32.2 Å². The van der Waals surface area contributed by atoms with Crippen molar-refractivity contribution >= 4 is 17.5 Å². The molecule has 1 N–H and O–H groups in total. The van der Waals surface area contributed by atoms with Crippen LogP contribution in [0, 0.1) is 0 Å². The van der Waals surface area contributed by atoms with Crippen molar-refractivity contribution in [3.8, 4) is 0 Å². The van der Waals surface area contributed by atoms with Crippen LogP contribution in [0.1, 0.15) is 49.6 Å². The van der Waals surface area contributed by atoms with Crippen LogP contribution in [0.4, 0.5) is 0 Å². The molecule has 2 aliphatic rings. The van der Waals surface area contributed by atoms with E-state index in [1.54, 1.807) is 0 Å². The van der Waals surface area contributed by atoms with Crippen molar-refractivity contribution < 1.29 is 19.1 Å². The molecule has 9 nitrogen and oxygen atoms in total. The molecule has 2 aliphatic heterocycles. The van der Waals surface area contributed by atoms with Crippen LogP contribution in [0.15, 0.2) is 39.9 Å². The highest BCUT2D eigenvalue weighted by Crippen LogP contribution is 2.32. The number of carbonyl (C=O) groups excluding carboxylic acids is 2. The summed E-state index contributed by atoms with van der Waals surface area (Å²) in [6.45, 7) is 2.38. The molecular formula is C20H23N5O4. The number of aliphatic hydroxyl groups excluding tert-OH is 1. The largest absolute Gasteiger partial charge is 0.423 e. The molecule has 1 fully saturated rings. The molecular weight excluding hydrogens is 374 g/mol.